The number of para-hydroxylation sites is 1. The second kappa shape index (κ2) is 3.92. The molecule has 1 N–H and O–H groups in total. The van der Waals surface area contributed by atoms with Gasteiger partial charge in [-0.2, -0.15) is 0 Å². The van der Waals surface area contributed by atoms with Gasteiger partial charge in [0.05, 0.1) is 0 Å². The molecule has 0 spiro atoms. The lowest BCUT2D eigenvalue weighted by atomic mass is 9.68. The molecule has 3 rings (SSSR count). The molecular formula is C16H19NO2. The van der Waals surface area contributed by atoms with E-state index in [1.165, 1.54) is 0 Å². The Hall–Kier alpha value is -1.64. The van der Waals surface area contributed by atoms with Crippen LogP contribution in [0.15, 0.2) is 30.3 Å². The van der Waals surface area contributed by atoms with E-state index >= 15 is 0 Å². The van der Waals surface area contributed by atoms with Crippen molar-refractivity contribution < 1.29 is 9.59 Å². The van der Waals surface area contributed by atoms with E-state index in [9.17, 15) is 9.59 Å². The number of carbonyl (C=O) groups is 2. The molecule has 2 bridgehead atoms. The summed E-state index contributed by atoms with van der Waals surface area (Å²) < 4.78 is 0. The van der Waals surface area contributed by atoms with Crippen molar-refractivity contribution in [2.75, 3.05) is 5.32 Å². The SMILES string of the molecule is CC1(C)[C@@H]2CC[C@]1(C(=O)Nc1ccccc1)C(=O)C2. The lowest BCUT2D eigenvalue weighted by Crippen LogP contribution is -2.46. The van der Waals surface area contributed by atoms with Crippen LogP contribution in [0.1, 0.15) is 33.1 Å². The molecule has 0 heterocycles. The van der Waals surface area contributed by atoms with Gasteiger partial charge in [-0.15, -0.1) is 0 Å². The fourth-order valence-electron chi connectivity index (χ4n) is 3.97. The largest absolute Gasteiger partial charge is 0.325 e. The summed E-state index contributed by atoms with van der Waals surface area (Å²) in [7, 11) is 0. The molecule has 0 unspecified atom stereocenters. The van der Waals surface area contributed by atoms with Crippen molar-refractivity contribution in [2.24, 2.45) is 16.7 Å². The Balaban J connectivity index is 1.92. The van der Waals surface area contributed by atoms with Crippen LogP contribution in [0.2, 0.25) is 0 Å². The number of amides is 1. The van der Waals surface area contributed by atoms with Crippen LogP contribution in [-0.2, 0) is 9.59 Å². The number of hydrogen-bond donors (Lipinski definition) is 1. The Morgan fingerprint density at radius 2 is 1.95 bits per heavy atom. The topological polar surface area (TPSA) is 46.2 Å². The zero-order valence-electron chi connectivity index (χ0n) is 11.4. The number of benzene rings is 1. The number of fused-ring (bicyclic) bond motifs is 2. The van der Waals surface area contributed by atoms with Crippen LogP contribution in [-0.4, -0.2) is 11.7 Å². The van der Waals surface area contributed by atoms with Gasteiger partial charge in [0, 0.05) is 12.1 Å². The van der Waals surface area contributed by atoms with E-state index < -0.39 is 5.41 Å². The number of anilines is 1. The molecule has 19 heavy (non-hydrogen) atoms. The quantitative estimate of drug-likeness (QED) is 0.828. The van der Waals surface area contributed by atoms with Gasteiger partial charge in [-0.05, 0) is 36.3 Å². The van der Waals surface area contributed by atoms with Gasteiger partial charge in [-0.3, -0.25) is 9.59 Å². The summed E-state index contributed by atoms with van der Waals surface area (Å²) >= 11 is 0. The molecule has 2 atom stereocenters. The molecule has 1 aromatic rings. The van der Waals surface area contributed by atoms with Gasteiger partial charge >= 0.3 is 0 Å². The predicted molar refractivity (Wildman–Crippen MR) is 73.6 cm³/mol. The summed E-state index contributed by atoms with van der Waals surface area (Å²) in [5.41, 5.74) is -0.267. The summed E-state index contributed by atoms with van der Waals surface area (Å²) in [5.74, 6) is 0.373. The van der Waals surface area contributed by atoms with Gasteiger partial charge in [0.15, 0.2) is 0 Å². The Kier molecular flexibility index (Phi) is 2.56. The minimum atomic E-state index is -0.812. The van der Waals surface area contributed by atoms with Crippen LogP contribution in [0.3, 0.4) is 0 Å². The molecule has 3 heteroatoms. The standard InChI is InChI=1S/C16H19NO2/c1-15(2)11-8-9-16(15,13(18)10-11)14(19)17-12-6-4-3-5-7-12/h3-7,11H,8-10H2,1-2H3,(H,17,19)/t11-,16-/m1/s1. The fraction of sp³-hybridized carbons (Fsp3) is 0.500. The second-order valence-corrected chi connectivity index (χ2v) is 6.31. The van der Waals surface area contributed by atoms with Crippen molar-refractivity contribution in [3.63, 3.8) is 0 Å². The zero-order valence-corrected chi connectivity index (χ0v) is 11.4. The summed E-state index contributed by atoms with van der Waals surface area (Å²) in [6.45, 7) is 4.14. The number of nitrogens with one attached hydrogen (secondary N) is 1. The molecule has 0 radical (unpaired) electrons. The third-order valence-electron chi connectivity index (χ3n) is 5.32. The zero-order chi connectivity index (χ0) is 13.7. The molecule has 0 saturated heterocycles. The Morgan fingerprint density at radius 1 is 1.26 bits per heavy atom. The van der Waals surface area contributed by atoms with Gasteiger partial charge in [0.25, 0.3) is 0 Å². The molecule has 2 fully saturated rings. The third kappa shape index (κ3) is 1.50. The first-order valence-corrected chi connectivity index (χ1v) is 6.88. The predicted octanol–water partition coefficient (Wildman–Crippen LogP) is 3.02. The van der Waals surface area contributed by atoms with E-state index in [0.29, 0.717) is 18.8 Å². The van der Waals surface area contributed by atoms with E-state index in [0.717, 1.165) is 12.1 Å². The van der Waals surface area contributed by atoms with Gasteiger partial charge < -0.3 is 5.32 Å². The highest BCUT2D eigenvalue weighted by Gasteiger charge is 2.68. The average Bonchev–Trinajstić information content (AvgIpc) is 2.74. The normalized spacial score (nSPS) is 31.5. The smallest absolute Gasteiger partial charge is 0.238 e. The summed E-state index contributed by atoms with van der Waals surface area (Å²) in [5, 5.41) is 2.93. The average molecular weight is 257 g/mol. The first kappa shape index (κ1) is 12.4. The lowest BCUT2D eigenvalue weighted by Gasteiger charge is -2.34. The maximum atomic E-state index is 12.7. The minimum absolute atomic E-state index is 0.117. The number of rotatable bonds is 2. The van der Waals surface area contributed by atoms with Crippen LogP contribution < -0.4 is 5.32 Å². The molecule has 1 aromatic carbocycles. The van der Waals surface area contributed by atoms with Crippen molar-refractivity contribution in [1.29, 1.82) is 0 Å². The molecule has 100 valence electrons. The van der Waals surface area contributed by atoms with Gasteiger partial charge in [-0.25, -0.2) is 0 Å². The Labute approximate surface area is 113 Å². The van der Waals surface area contributed by atoms with Crippen LogP contribution >= 0.6 is 0 Å². The van der Waals surface area contributed by atoms with Gasteiger partial charge in [0.1, 0.15) is 11.2 Å². The van der Waals surface area contributed by atoms with Crippen molar-refractivity contribution in [1.82, 2.24) is 0 Å². The highest BCUT2D eigenvalue weighted by atomic mass is 16.2. The molecule has 2 saturated carbocycles. The van der Waals surface area contributed by atoms with E-state index in [-0.39, 0.29) is 17.1 Å². The van der Waals surface area contributed by atoms with E-state index in [1.807, 2.05) is 30.3 Å². The molecule has 0 aliphatic heterocycles. The van der Waals surface area contributed by atoms with E-state index in [1.54, 1.807) is 0 Å². The first-order chi connectivity index (χ1) is 8.98. The lowest BCUT2D eigenvalue weighted by molar-refractivity contribution is -0.141. The number of ketones is 1. The second-order valence-electron chi connectivity index (χ2n) is 6.31. The fourth-order valence-corrected chi connectivity index (χ4v) is 3.97. The number of hydrogen-bond acceptors (Lipinski definition) is 2. The molecule has 2 aliphatic carbocycles. The van der Waals surface area contributed by atoms with Crippen LogP contribution in [0.4, 0.5) is 5.69 Å². The maximum Gasteiger partial charge on any atom is 0.238 e. The molecule has 3 nitrogen and oxygen atoms in total. The summed E-state index contributed by atoms with van der Waals surface area (Å²) in [6, 6.07) is 9.38. The number of Topliss-reactive ketones (excluding diaryl/α,β-unsaturated/α-hetero) is 1. The third-order valence-corrected chi connectivity index (χ3v) is 5.32. The highest BCUT2D eigenvalue weighted by Crippen LogP contribution is 2.64. The van der Waals surface area contributed by atoms with Crippen molar-refractivity contribution in [3.05, 3.63) is 30.3 Å². The van der Waals surface area contributed by atoms with Crippen molar-refractivity contribution >= 4 is 17.4 Å². The number of carbonyl (C=O) groups excluding carboxylic acids is 2. The first-order valence-electron chi connectivity index (χ1n) is 6.88. The van der Waals surface area contributed by atoms with Crippen LogP contribution in [0.25, 0.3) is 0 Å². The summed E-state index contributed by atoms with van der Waals surface area (Å²) in [4.78, 5) is 25.0. The van der Waals surface area contributed by atoms with Gasteiger partial charge in [-0.1, -0.05) is 32.0 Å². The molecule has 2 aliphatic rings. The molecule has 0 aromatic heterocycles. The Bertz CT molecular complexity index is 535. The van der Waals surface area contributed by atoms with Crippen molar-refractivity contribution in [3.8, 4) is 0 Å². The monoisotopic (exact) mass is 257 g/mol. The van der Waals surface area contributed by atoms with Gasteiger partial charge in [0.2, 0.25) is 5.91 Å². The summed E-state index contributed by atoms with van der Waals surface area (Å²) in [6.07, 6.45) is 2.25. The van der Waals surface area contributed by atoms with E-state index in [4.69, 9.17) is 0 Å². The Morgan fingerprint density at radius 3 is 2.47 bits per heavy atom. The van der Waals surface area contributed by atoms with Crippen molar-refractivity contribution in [2.45, 2.75) is 33.1 Å². The van der Waals surface area contributed by atoms with E-state index in [2.05, 4.69) is 19.2 Å². The van der Waals surface area contributed by atoms with Crippen LogP contribution in [0.5, 0.6) is 0 Å². The minimum Gasteiger partial charge on any atom is -0.325 e. The molecule has 1 amide bonds. The molecular weight excluding hydrogens is 238 g/mol. The maximum absolute atomic E-state index is 12.7. The van der Waals surface area contributed by atoms with Crippen LogP contribution in [0, 0.1) is 16.7 Å². The highest BCUT2D eigenvalue weighted by molar-refractivity contribution is 6.14.